The number of nitrogens with zero attached hydrogens (tertiary/aromatic N) is 2. The average molecular weight is 451 g/mol. The summed E-state index contributed by atoms with van der Waals surface area (Å²) >= 11 is 5.94. The lowest BCUT2D eigenvalue weighted by molar-refractivity contribution is 0.0526. The number of aromatic nitrogens is 2. The second-order valence-electron chi connectivity index (χ2n) is 7.20. The van der Waals surface area contributed by atoms with E-state index in [4.69, 9.17) is 30.8 Å². The number of carbonyl (C=O) groups is 1. The van der Waals surface area contributed by atoms with Crippen molar-refractivity contribution in [2.24, 2.45) is 7.05 Å². The van der Waals surface area contributed by atoms with E-state index in [-0.39, 0.29) is 5.97 Å². The molecular weight excluding hydrogens is 428 g/mol. The largest absolute Gasteiger partial charge is 0.493 e. The zero-order valence-electron chi connectivity index (χ0n) is 18.1. The van der Waals surface area contributed by atoms with Gasteiger partial charge in [0.05, 0.1) is 30.3 Å². The molecule has 0 amide bonds. The monoisotopic (exact) mass is 450 g/mol. The summed E-state index contributed by atoms with van der Waals surface area (Å²) in [6.07, 6.45) is 0. The van der Waals surface area contributed by atoms with Crippen LogP contribution >= 0.6 is 11.6 Å². The van der Waals surface area contributed by atoms with E-state index in [1.807, 2.05) is 60.1 Å². The first-order chi connectivity index (χ1) is 15.5. The fraction of sp³-hybridized carbons (Fsp3) is 0.200. The van der Waals surface area contributed by atoms with Crippen LogP contribution < -0.4 is 9.47 Å². The Labute approximate surface area is 191 Å². The molecule has 0 spiro atoms. The molecule has 0 aliphatic rings. The van der Waals surface area contributed by atoms with E-state index < -0.39 is 0 Å². The van der Waals surface area contributed by atoms with Gasteiger partial charge in [0.2, 0.25) is 0 Å². The summed E-state index contributed by atoms with van der Waals surface area (Å²) < 4.78 is 18.6. The zero-order chi connectivity index (χ0) is 22.7. The summed E-state index contributed by atoms with van der Waals surface area (Å²) in [7, 11) is 3.54. The number of ether oxygens (including phenoxy) is 3. The summed E-state index contributed by atoms with van der Waals surface area (Å²) in [6.45, 7) is 2.51. The van der Waals surface area contributed by atoms with Crippen molar-refractivity contribution >= 4 is 28.6 Å². The van der Waals surface area contributed by atoms with Crippen molar-refractivity contribution in [2.75, 3.05) is 13.7 Å². The predicted molar refractivity (Wildman–Crippen MR) is 124 cm³/mol. The Hall–Kier alpha value is -3.51. The van der Waals surface area contributed by atoms with Crippen LogP contribution in [0, 0.1) is 0 Å². The van der Waals surface area contributed by atoms with Crippen molar-refractivity contribution in [3.63, 3.8) is 0 Å². The highest BCUT2D eigenvalue weighted by Gasteiger charge is 2.15. The molecule has 0 bridgehead atoms. The first-order valence-electron chi connectivity index (χ1n) is 10.2. The molecule has 0 aliphatic carbocycles. The van der Waals surface area contributed by atoms with Crippen LogP contribution in [0.3, 0.4) is 0 Å². The fourth-order valence-corrected chi connectivity index (χ4v) is 3.59. The molecule has 0 radical (unpaired) electrons. The van der Waals surface area contributed by atoms with Gasteiger partial charge in [-0.15, -0.1) is 0 Å². The lowest BCUT2D eigenvalue weighted by atomic mass is 10.2. The summed E-state index contributed by atoms with van der Waals surface area (Å²) in [5, 5.41) is 0.688. The number of rotatable bonds is 7. The van der Waals surface area contributed by atoms with Gasteiger partial charge in [0.1, 0.15) is 12.4 Å². The Kier molecular flexibility index (Phi) is 6.32. The first-order valence-corrected chi connectivity index (χ1v) is 10.6. The molecule has 1 heterocycles. The van der Waals surface area contributed by atoms with Crippen LogP contribution in [-0.2, 0) is 18.4 Å². The second kappa shape index (κ2) is 9.32. The summed E-state index contributed by atoms with van der Waals surface area (Å²) in [6, 6.07) is 18.6. The Balaban J connectivity index is 1.62. The van der Waals surface area contributed by atoms with E-state index in [0.717, 1.165) is 28.0 Å². The van der Waals surface area contributed by atoms with Gasteiger partial charge in [-0.25, -0.2) is 9.78 Å². The number of esters is 1. The smallest absolute Gasteiger partial charge is 0.338 e. The lowest BCUT2D eigenvalue weighted by Crippen LogP contribution is -2.04. The molecule has 0 aliphatic heterocycles. The molecule has 32 heavy (non-hydrogen) atoms. The number of benzene rings is 3. The highest BCUT2D eigenvalue weighted by atomic mass is 35.5. The Morgan fingerprint density at radius 3 is 2.53 bits per heavy atom. The number of methoxy groups -OCH3 is 1. The van der Waals surface area contributed by atoms with Crippen molar-refractivity contribution in [3.05, 3.63) is 76.8 Å². The second-order valence-corrected chi connectivity index (χ2v) is 7.64. The molecule has 0 atom stereocenters. The molecule has 0 unspecified atom stereocenters. The van der Waals surface area contributed by atoms with E-state index in [9.17, 15) is 4.79 Å². The average Bonchev–Trinajstić information content (AvgIpc) is 3.14. The molecule has 0 fully saturated rings. The van der Waals surface area contributed by atoms with E-state index in [2.05, 4.69) is 0 Å². The molecule has 6 nitrogen and oxygen atoms in total. The van der Waals surface area contributed by atoms with Gasteiger partial charge in [0.25, 0.3) is 0 Å². The minimum Gasteiger partial charge on any atom is -0.493 e. The molecule has 164 valence electrons. The van der Waals surface area contributed by atoms with E-state index in [1.54, 1.807) is 26.2 Å². The molecular formula is C25H23ClN2O4. The summed E-state index contributed by atoms with van der Waals surface area (Å²) in [4.78, 5) is 16.8. The summed E-state index contributed by atoms with van der Waals surface area (Å²) in [5.74, 6) is 1.64. The number of fused-ring (bicyclic) bond motifs is 1. The molecule has 4 rings (SSSR count). The molecule has 0 saturated carbocycles. The highest BCUT2D eigenvalue weighted by molar-refractivity contribution is 6.30. The van der Waals surface area contributed by atoms with Gasteiger partial charge in [0, 0.05) is 17.6 Å². The number of aryl methyl sites for hydroxylation is 1. The van der Waals surface area contributed by atoms with Crippen molar-refractivity contribution < 1.29 is 19.0 Å². The molecule has 4 aromatic rings. The number of halogens is 1. The minimum atomic E-state index is -0.356. The van der Waals surface area contributed by atoms with Crippen molar-refractivity contribution in [3.8, 4) is 22.9 Å². The Morgan fingerprint density at radius 2 is 1.81 bits per heavy atom. The maximum Gasteiger partial charge on any atom is 0.338 e. The number of hydrogen-bond donors (Lipinski definition) is 0. The molecule has 1 aromatic heterocycles. The lowest BCUT2D eigenvalue weighted by Gasteiger charge is -2.12. The van der Waals surface area contributed by atoms with E-state index in [1.165, 1.54) is 0 Å². The zero-order valence-corrected chi connectivity index (χ0v) is 18.8. The first kappa shape index (κ1) is 21.7. The van der Waals surface area contributed by atoms with Gasteiger partial charge in [-0.1, -0.05) is 23.7 Å². The molecule has 0 N–H and O–H groups in total. The third-order valence-electron chi connectivity index (χ3n) is 5.12. The van der Waals surface area contributed by atoms with Crippen LogP contribution in [0.2, 0.25) is 5.02 Å². The van der Waals surface area contributed by atoms with Gasteiger partial charge in [0.15, 0.2) is 11.5 Å². The number of hydrogen-bond acceptors (Lipinski definition) is 5. The van der Waals surface area contributed by atoms with Crippen LogP contribution in [0.25, 0.3) is 22.4 Å². The third-order valence-corrected chi connectivity index (χ3v) is 5.37. The van der Waals surface area contributed by atoms with Gasteiger partial charge >= 0.3 is 5.97 Å². The van der Waals surface area contributed by atoms with Gasteiger partial charge < -0.3 is 18.8 Å². The SMILES string of the molecule is CCOC(=O)c1ccc2c(c1)nc(-c1ccc(OCc3ccc(Cl)cc3)c(OC)c1)n2C. The normalized spacial score (nSPS) is 10.9. The predicted octanol–water partition coefficient (Wildman–Crippen LogP) is 5.66. The summed E-state index contributed by atoms with van der Waals surface area (Å²) in [5.41, 5.74) is 3.99. The maximum atomic E-state index is 12.1. The van der Waals surface area contributed by atoms with Crippen LogP contribution in [0.1, 0.15) is 22.8 Å². The molecule has 3 aromatic carbocycles. The molecule has 0 saturated heterocycles. The minimum absolute atomic E-state index is 0.330. The van der Waals surface area contributed by atoms with Crippen LogP contribution in [0.15, 0.2) is 60.7 Å². The third kappa shape index (κ3) is 4.41. The van der Waals surface area contributed by atoms with Crippen molar-refractivity contribution in [1.29, 1.82) is 0 Å². The Bertz CT molecular complexity index is 1270. The maximum absolute atomic E-state index is 12.1. The topological polar surface area (TPSA) is 62.6 Å². The standard InChI is InChI=1S/C25H23ClN2O4/c1-4-31-25(29)18-7-11-21-20(13-18)27-24(28(21)2)17-8-12-22(23(14-17)30-3)32-15-16-5-9-19(26)10-6-16/h5-14H,4,15H2,1-3H3. The van der Waals surface area contributed by atoms with Crippen molar-refractivity contribution in [2.45, 2.75) is 13.5 Å². The quantitative estimate of drug-likeness (QED) is 0.340. The van der Waals surface area contributed by atoms with Gasteiger partial charge in [-0.05, 0) is 61.0 Å². The number of carbonyl (C=O) groups excluding carboxylic acids is 1. The van der Waals surface area contributed by atoms with Gasteiger partial charge in [-0.2, -0.15) is 0 Å². The van der Waals surface area contributed by atoms with E-state index in [0.29, 0.717) is 35.3 Å². The fourth-order valence-electron chi connectivity index (χ4n) is 3.47. The molecule has 7 heteroatoms. The van der Waals surface area contributed by atoms with E-state index >= 15 is 0 Å². The van der Waals surface area contributed by atoms with Crippen molar-refractivity contribution in [1.82, 2.24) is 9.55 Å². The van der Waals surface area contributed by atoms with Gasteiger partial charge in [-0.3, -0.25) is 0 Å². The number of imidazole rings is 1. The highest BCUT2D eigenvalue weighted by Crippen LogP contribution is 2.34. The van der Waals surface area contributed by atoms with Crippen LogP contribution in [0.4, 0.5) is 0 Å². The van der Waals surface area contributed by atoms with Crippen LogP contribution in [-0.4, -0.2) is 29.2 Å². The Morgan fingerprint density at radius 1 is 1.03 bits per heavy atom. The van der Waals surface area contributed by atoms with Crippen LogP contribution in [0.5, 0.6) is 11.5 Å².